The fraction of sp³-hybridized carbons (Fsp3) is 0.462. The number of halogens is 1. The molecule has 1 aromatic carbocycles. The molecule has 17 heavy (non-hydrogen) atoms. The molecule has 1 fully saturated rings. The lowest BCUT2D eigenvalue weighted by Crippen LogP contribution is -2.33. The fourth-order valence-electron chi connectivity index (χ4n) is 2.34. The van der Waals surface area contributed by atoms with Gasteiger partial charge >= 0.3 is 0 Å². The first kappa shape index (κ1) is 12.4. The van der Waals surface area contributed by atoms with Crippen LogP contribution < -0.4 is 0 Å². The van der Waals surface area contributed by atoms with Crippen molar-refractivity contribution in [2.24, 2.45) is 0 Å². The molecule has 0 N–H and O–H groups in total. The molecule has 3 nitrogen and oxygen atoms in total. The minimum absolute atomic E-state index is 0.0370. The molecule has 4 heteroatoms. The number of hydrogen-bond donors (Lipinski definition) is 0. The van der Waals surface area contributed by atoms with Crippen molar-refractivity contribution in [3.8, 4) is 0 Å². The number of hydrogen-bond acceptors (Lipinski definition) is 2. The van der Waals surface area contributed by atoms with E-state index in [0.29, 0.717) is 0 Å². The van der Waals surface area contributed by atoms with E-state index in [-0.39, 0.29) is 18.6 Å². The van der Waals surface area contributed by atoms with Gasteiger partial charge in [0.2, 0.25) is 5.91 Å². The lowest BCUT2D eigenvalue weighted by atomic mass is 10.0. The molecule has 1 aliphatic rings. The number of likely N-dealkylation sites (tertiary alicyclic amines) is 1. The van der Waals surface area contributed by atoms with Crippen LogP contribution in [0.1, 0.15) is 24.4 Å². The Kier molecular flexibility index (Phi) is 4.02. The number of rotatable bonds is 3. The maximum absolute atomic E-state index is 11.9. The Morgan fingerprint density at radius 2 is 2.29 bits per heavy atom. The van der Waals surface area contributed by atoms with Crippen LogP contribution >= 0.6 is 11.6 Å². The molecule has 1 amide bonds. The number of ether oxygens (including phenoxy) is 1. The van der Waals surface area contributed by atoms with Gasteiger partial charge in [-0.1, -0.05) is 29.8 Å². The second-order valence-electron chi connectivity index (χ2n) is 4.20. The minimum Gasteiger partial charge on any atom is -0.375 e. The Bertz CT molecular complexity index is 408. The molecule has 0 radical (unpaired) electrons. The topological polar surface area (TPSA) is 29.5 Å². The molecule has 0 unspecified atom stereocenters. The molecule has 0 aliphatic carbocycles. The van der Waals surface area contributed by atoms with Crippen molar-refractivity contribution in [2.75, 3.05) is 20.3 Å². The van der Waals surface area contributed by atoms with E-state index in [1.165, 1.54) is 0 Å². The summed E-state index contributed by atoms with van der Waals surface area (Å²) < 4.78 is 4.91. The van der Waals surface area contributed by atoms with E-state index in [4.69, 9.17) is 16.3 Å². The molecule has 0 spiro atoms. The van der Waals surface area contributed by atoms with Crippen LogP contribution in [0, 0.1) is 0 Å². The van der Waals surface area contributed by atoms with Gasteiger partial charge in [0.15, 0.2) is 0 Å². The fourth-order valence-corrected chi connectivity index (χ4v) is 2.60. The number of carbonyl (C=O) groups is 1. The molecule has 1 aliphatic heterocycles. The summed E-state index contributed by atoms with van der Waals surface area (Å²) in [6.07, 6.45) is 1.99. The first-order chi connectivity index (χ1) is 8.24. The van der Waals surface area contributed by atoms with Crippen LogP contribution in [-0.4, -0.2) is 31.1 Å². The zero-order valence-corrected chi connectivity index (χ0v) is 10.6. The Balaban J connectivity index is 2.20. The van der Waals surface area contributed by atoms with Crippen LogP contribution in [0.25, 0.3) is 0 Å². The van der Waals surface area contributed by atoms with Crippen molar-refractivity contribution in [2.45, 2.75) is 18.9 Å². The highest BCUT2D eigenvalue weighted by Gasteiger charge is 2.30. The summed E-state index contributed by atoms with van der Waals surface area (Å²) in [4.78, 5) is 13.8. The van der Waals surface area contributed by atoms with Crippen LogP contribution in [0.15, 0.2) is 24.3 Å². The van der Waals surface area contributed by atoms with Gasteiger partial charge in [-0.05, 0) is 24.5 Å². The van der Waals surface area contributed by atoms with Crippen LogP contribution in [-0.2, 0) is 9.53 Å². The van der Waals surface area contributed by atoms with Gasteiger partial charge in [-0.15, -0.1) is 0 Å². The van der Waals surface area contributed by atoms with Gasteiger partial charge in [-0.3, -0.25) is 4.79 Å². The van der Waals surface area contributed by atoms with Gasteiger partial charge in [-0.25, -0.2) is 0 Å². The predicted molar refractivity (Wildman–Crippen MR) is 67.0 cm³/mol. The van der Waals surface area contributed by atoms with E-state index in [9.17, 15) is 4.79 Å². The summed E-state index contributed by atoms with van der Waals surface area (Å²) in [6, 6.07) is 7.83. The van der Waals surface area contributed by atoms with Gasteiger partial charge in [0.05, 0.1) is 6.04 Å². The highest BCUT2D eigenvalue weighted by Crippen LogP contribution is 2.35. The first-order valence-corrected chi connectivity index (χ1v) is 6.14. The van der Waals surface area contributed by atoms with E-state index in [1.807, 2.05) is 29.2 Å². The standard InChI is InChI=1S/C13H16ClNO2/c1-17-9-13(16)15-8-4-7-12(15)10-5-2-3-6-11(10)14/h2-3,5-6,12H,4,7-9H2,1H3/t12-/m1/s1. The first-order valence-electron chi connectivity index (χ1n) is 5.77. The maximum Gasteiger partial charge on any atom is 0.249 e. The number of nitrogens with zero attached hydrogens (tertiary/aromatic N) is 1. The Morgan fingerprint density at radius 1 is 1.53 bits per heavy atom. The van der Waals surface area contributed by atoms with Gasteiger partial charge in [-0.2, -0.15) is 0 Å². The van der Waals surface area contributed by atoms with Crippen molar-refractivity contribution in [3.63, 3.8) is 0 Å². The second kappa shape index (κ2) is 5.52. The summed E-state index contributed by atoms with van der Waals surface area (Å²) in [5.41, 5.74) is 1.04. The normalized spacial score (nSPS) is 19.6. The molecule has 2 rings (SSSR count). The van der Waals surface area contributed by atoms with Crippen molar-refractivity contribution in [1.29, 1.82) is 0 Å². The molecule has 92 valence electrons. The monoisotopic (exact) mass is 253 g/mol. The van der Waals surface area contributed by atoms with E-state index in [0.717, 1.165) is 30.0 Å². The summed E-state index contributed by atoms with van der Waals surface area (Å²) >= 11 is 6.18. The van der Waals surface area contributed by atoms with Crippen molar-refractivity contribution >= 4 is 17.5 Å². The SMILES string of the molecule is COCC(=O)N1CCC[C@@H]1c1ccccc1Cl. The summed E-state index contributed by atoms with van der Waals surface area (Å²) in [7, 11) is 1.54. The molecule has 1 heterocycles. The third-order valence-corrected chi connectivity index (χ3v) is 3.45. The summed E-state index contributed by atoms with van der Waals surface area (Å²) in [5.74, 6) is 0.0370. The van der Waals surface area contributed by atoms with Gasteiger partial charge in [0, 0.05) is 18.7 Å². The minimum atomic E-state index is 0.0370. The van der Waals surface area contributed by atoms with Crippen molar-refractivity contribution in [3.05, 3.63) is 34.9 Å². The molecular formula is C13H16ClNO2. The second-order valence-corrected chi connectivity index (χ2v) is 4.61. The number of benzene rings is 1. The number of carbonyl (C=O) groups excluding carboxylic acids is 1. The van der Waals surface area contributed by atoms with Gasteiger partial charge in [0.25, 0.3) is 0 Å². The third kappa shape index (κ3) is 2.61. The number of methoxy groups -OCH3 is 1. The zero-order valence-electron chi connectivity index (χ0n) is 9.86. The average Bonchev–Trinajstić information content (AvgIpc) is 2.79. The van der Waals surface area contributed by atoms with E-state index in [2.05, 4.69) is 0 Å². The molecular weight excluding hydrogens is 238 g/mol. The molecule has 0 bridgehead atoms. The van der Waals surface area contributed by atoms with E-state index >= 15 is 0 Å². The zero-order chi connectivity index (χ0) is 12.3. The van der Waals surface area contributed by atoms with Crippen molar-refractivity contribution in [1.82, 2.24) is 4.90 Å². The van der Waals surface area contributed by atoms with Crippen LogP contribution in [0.5, 0.6) is 0 Å². The van der Waals surface area contributed by atoms with Crippen molar-refractivity contribution < 1.29 is 9.53 Å². The molecule has 0 aromatic heterocycles. The van der Waals surface area contributed by atoms with Crippen LogP contribution in [0.3, 0.4) is 0 Å². The van der Waals surface area contributed by atoms with Gasteiger partial charge < -0.3 is 9.64 Å². The Labute approximate surface area is 106 Å². The number of amides is 1. The Morgan fingerprint density at radius 3 is 3.00 bits per heavy atom. The third-order valence-electron chi connectivity index (χ3n) is 3.11. The molecule has 1 atom stereocenters. The maximum atomic E-state index is 11.9. The highest BCUT2D eigenvalue weighted by atomic mass is 35.5. The van der Waals surface area contributed by atoms with Crippen LogP contribution in [0.4, 0.5) is 0 Å². The average molecular weight is 254 g/mol. The lowest BCUT2D eigenvalue weighted by molar-refractivity contribution is -0.136. The van der Waals surface area contributed by atoms with Gasteiger partial charge in [0.1, 0.15) is 6.61 Å². The quantitative estimate of drug-likeness (QED) is 0.829. The van der Waals surface area contributed by atoms with Crippen LogP contribution in [0.2, 0.25) is 5.02 Å². The smallest absolute Gasteiger partial charge is 0.249 e. The lowest BCUT2D eigenvalue weighted by Gasteiger charge is -2.25. The highest BCUT2D eigenvalue weighted by molar-refractivity contribution is 6.31. The molecule has 1 saturated heterocycles. The Hall–Kier alpha value is -1.06. The molecule has 1 aromatic rings. The summed E-state index contributed by atoms with van der Waals surface area (Å²) in [5, 5.41) is 0.731. The summed E-state index contributed by atoms with van der Waals surface area (Å²) in [6.45, 7) is 0.930. The largest absolute Gasteiger partial charge is 0.375 e. The van der Waals surface area contributed by atoms with E-state index < -0.39 is 0 Å². The predicted octanol–water partition coefficient (Wildman–Crippen LogP) is 2.65. The van der Waals surface area contributed by atoms with E-state index in [1.54, 1.807) is 7.11 Å². The molecule has 0 saturated carbocycles.